The summed E-state index contributed by atoms with van der Waals surface area (Å²) in [6, 6.07) is 4.99. The van der Waals surface area contributed by atoms with E-state index in [2.05, 4.69) is 0 Å². The average Bonchev–Trinajstić information content (AvgIpc) is 3.07. The summed E-state index contributed by atoms with van der Waals surface area (Å²) in [4.78, 5) is 38.5. The minimum Gasteiger partial charge on any atom is -0.459 e. The summed E-state index contributed by atoms with van der Waals surface area (Å²) in [6.45, 7) is 1.83. The number of carbonyl (C=O) groups excluding carboxylic acids is 3. The standard InChI is InChI=1S/C20H18ClNO4/c1-11-8-13(20(25)26-11)9-12-10-14(6-7-17(12)21)22-18(23)15-4-2-3-5-16(15)19(22)24/h6-7,9-11H,2-5,8H2,1H3. The molecule has 1 saturated heterocycles. The first-order valence-corrected chi connectivity index (χ1v) is 9.15. The maximum atomic E-state index is 12.7. The van der Waals surface area contributed by atoms with E-state index in [9.17, 15) is 14.4 Å². The molecule has 0 N–H and O–H groups in total. The van der Waals surface area contributed by atoms with Crippen molar-refractivity contribution in [2.75, 3.05) is 4.90 Å². The minimum atomic E-state index is -0.357. The van der Waals surface area contributed by atoms with E-state index in [0.29, 0.717) is 52.3 Å². The fraction of sp³-hybridized carbons (Fsp3) is 0.350. The predicted octanol–water partition coefficient (Wildman–Crippen LogP) is 3.80. The van der Waals surface area contributed by atoms with E-state index in [-0.39, 0.29) is 23.9 Å². The van der Waals surface area contributed by atoms with Crippen molar-refractivity contribution in [1.29, 1.82) is 0 Å². The van der Waals surface area contributed by atoms with Gasteiger partial charge in [-0.1, -0.05) is 11.6 Å². The van der Waals surface area contributed by atoms with E-state index in [1.54, 1.807) is 24.3 Å². The molecule has 1 aliphatic carbocycles. The molecule has 1 atom stereocenters. The van der Waals surface area contributed by atoms with Gasteiger partial charge in [0.2, 0.25) is 0 Å². The Morgan fingerprint density at radius 2 is 1.77 bits per heavy atom. The number of rotatable bonds is 2. The van der Waals surface area contributed by atoms with E-state index in [0.717, 1.165) is 12.8 Å². The van der Waals surface area contributed by atoms with Gasteiger partial charge in [0.05, 0.1) is 5.69 Å². The molecule has 1 fully saturated rings. The van der Waals surface area contributed by atoms with Gasteiger partial charge in [-0.25, -0.2) is 9.69 Å². The van der Waals surface area contributed by atoms with E-state index >= 15 is 0 Å². The van der Waals surface area contributed by atoms with Gasteiger partial charge in [0.15, 0.2) is 0 Å². The molecule has 3 aliphatic rings. The summed E-state index contributed by atoms with van der Waals surface area (Å²) in [6.07, 6.45) is 5.21. The molecule has 0 bridgehead atoms. The Hall–Kier alpha value is -2.40. The lowest BCUT2D eigenvalue weighted by molar-refractivity contribution is -0.138. The van der Waals surface area contributed by atoms with Crippen molar-refractivity contribution in [2.45, 2.75) is 45.1 Å². The van der Waals surface area contributed by atoms with Gasteiger partial charge < -0.3 is 4.74 Å². The van der Waals surface area contributed by atoms with Crippen molar-refractivity contribution in [1.82, 2.24) is 0 Å². The second-order valence-electron chi connectivity index (χ2n) is 6.91. The smallest absolute Gasteiger partial charge is 0.334 e. The molecule has 2 aliphatic heterocycles. The third-order valence-corrected chi connectivity index (χ3v) is 5.38. The van der Waals surface area contributed by atoms with E-state index < -0.39 is 0 Å². The summed E-state index contributed by atoms with van der Waals surface area (Å²) in [5.41, 5.74) is 2.89. The highest BCUT2D eigenvalue weighted by Crippen LogP contribution is 2.37. The summed E-state index contributed by atoms with van der Waals surface area (Å²) in [5, 5.41) is 0.449. The number of anilines is 1. The molecule has 5 nitrogen and oxygen atoms in total. The Morgan fingerprint density at radius 1 is 1.12 bits per heavy atom. The number of imide groups is 1. The van der Waals surface area contributed by atoms with Crippen LogP contribution in [0.15, 0.2) is 34.9 Å². The molecule has 2 heterocycles. The lowest BCUT2D eigenvalue weighted by atomic mass is 9.93. The van der Waals surface area contributed by atoms with Crippen molar-refractivity contribution in [2.24, 2.45) is 0 Å². The first-order chi connectivity index (χ1) is 12.5. The van der Waals surface area contributed by atoms with Gasteiger partial charge >= 0.3 is 5.97 Å². The van der Waals surface area contributed by atoms with Crippen LogP contribution in [0.4, 0.5) is 5.69 Å². The highest BCUT2D eigenvalue weighted by molar-refractivity contribution is 6.34. The fourth-order valence-corrected chi connectivity index (χ4v) is 3.93. The lowest BCUT2D eigenvalue weighted by Crippen LogP contribution is -2.31. The van der Waals surface area contributed by atoms with Gasteiger partial charge in [-0.3, -0.25) is 9.59 Å². The van der Waals surface area contributed by atoms with Crippen LogP contribution in [0.25, 0.3) is 6.08 Å². The van der Waals surface area contributed by atoms with Crippen LogP contribution < -0.4 is 4.90 Å². The SMILES string of the molecule is CC1CC(=Cc2cc(N3C(=O)C4=C(CCCC4)C3=O)ccc2Cl)C(=O)O1. The largest absolute Gasteiger partial charge is 0.459 e. The lowest BCUT2D eigenvalue weighted by Gasteiger charge is -2.16. The zero-order chi connectivity index (χ0) is 18.4. The Bertz CT molecular complexity index is 871. The molecular weight excluding hydrogens is 354 g/mol. The van der Waals surface area contributed by atoms with Gasteiger partial charge in [0, 0.05) is 28.2 Å². The molecular formula is C20H18ClNO4. The number of cyclic esters (lactones) is 1. The van der Waals surface area contributed by atoms with Crippen LogP contribution in [0.5, 0.6) is 0 Å². The fourth-order valence-electron chi connectivity index (χ4n) is 3.75. The van der Waals surface area contributed by atoms with Gasteiger partial charge in [-0.2, -0.15) is 0 Å². The van der Waals surface area contributed by atoms with Crippen LogP contribution in [-0.2, 0) is 19.1 Å². The van der Waals surface area contributed by atoms with Crippen LogP contribution in [0, 0.1) is 0 Å². The molecule has 0 saturated carbocycles. The van der Waals surface area contributed by atoms with Crippen LogP contribution in [-0.4, -0.2) is 23.9 Å². The number of nitrogens with zero attached hydrogens (tertiary/aromatic N) is 1. The molecule has 134 valence electrons. The molecule has 1 aromatic carbocycles. The van der Waals surface area contributed by atoms with E-state index in [4.69, 9.17) is 16.3 Å². The summed E-state index contributed by atoms with van der Waals surface area (Å²) in [7, 11) is 0. The Labute approximate surface area is 156 Å². The van der Waals surface area contributed by atoms with Crippen LogP contribution in [0.2, 0.25) is 5.02 Å². The van der Waals surface area contributed by atoms with E-state index in [1.807, 2.05) is 6.92 Å². The average molecular weight is 372 g/mol. The molecule has 6 heteroatoms. The first-order valence-electron chi connectivity index (χ1n) is 8.77. The molecule has 0 radical (unpaired) electrons. The van der Waals surface area contributed by atoms with Crippen molar-refractivity contribution >= 4 is 41.1 Å². The molecule has 0 aromatic heterocycles. The maximum Gasteiger partial charge on any atom is 0.334 e. The molecule has 4 rings (SSSR count). The zero-order valence-corrected chi connectivity index (χ0v) is 15.1. The highest BCUT2D eigenvalue weighted by atomic mass is 35.5. The number of amides is 2. The third-order valence-electron chi connectivity index (χ3n) is 5.04. The Balaban J connectivity index is 1.69. The molecule has 0 spiro atoms. The normalized spacial score (nSPS) is 24.5. The topological polar surface area (TPSA) is 63.7 Å². The number of halogens is 1. The summed E-state index contributed by atoms with van der Waals surface area (Å²) < 4.78 is 5.14. The van der Waals surface area contributed by atoms with Gasteiger partial charge in [0.25, 0.3) is 11.8 Å². The van der Waals surface area contributed by atoms with Gasteiger partial charge in [-0.15, -0.1) is 0 Å². The van der Waals surface area contributed by atoms with Crippen LogP contribution in [0.3, 0.4) is 0 Å². The molecule has 1 aromatic rings. The number of esters is 1. The minimum absolute atomic E-state index is 0.159. The number of hydrogen-bond acceptors (Lipinski definition) is 4. The van der Waals surface area contributed by atoms with Crippen molar-refractivity contribution in [3.63, 3.8) is 0 Å². The van der Waals surface area contributed by atoms with Gasteiger partial charge in [0.1, 0.15) is 6.10 Å². The van der Waals surface area contributed by atoms with Crippen molar-refractivity contribution in [3.8, 4) is 0 Å². The van der Waals surface area contributed by atoms with Crippen LogP contribution in [0.1, 0.15) is 44.6 Å². The quantitative estimate of drug-likeness (QED) is 0.450. The van der Waals surface area contributed by atoms with Crippen molar-refractivity contribution in [3.05, 3.63) is 45.5 Å². The summed E-state index contributed by atoms with van der Waals surface area (Å²) in [5.74, 6) is -0.830. The highest BCUT2D eigenvalue weighted by Gasteiger charge is 2.39. The summed E-state index contributed by atoms with van der Waals surface area (Å²) >= 11 is 6.26. The zero-order valence-electron chi connectivity index (χ0n) is 14.4. The molecule has 26 heavy (non-hydrogen) atoms. The third kappa shape index (κ3) is 2.76. The van der Waals surface area contributed by atoms with Crippen LogP contribution >= 0.6 is 11.6 Å². The number of benzene rings is 1. The maximum absolute atomic E-state index is 12.7. The Morgan fingerprint density at radius 3 is 2.35 bits per heavy atom. The Kier molecular flexibility index (Phi) is 4.19. The predicted molar refractivity (Wildman–Crippen MR) is 97.6 cm³/mol. The second-order valence-corrected chi connectivity index (χ2v) is 7.31. The monoisotopic (exact) mass is 371 g/mol. The second kappa shape index (κ2) is 6.40. The van der Waals surface area contributed by atoms with Crippen molar-refractivity contribution < 1.29 is 19.1 Å². The number of ether oxygens (including phenoxy) is 1. The van der Waals surface area contributed by atoms with E-state index in [1.165, 1.54) is 4.90 Å². The molecule has 2 amide bonds. The number of hydrogen-bond donors (Lipinski definition) is 0. The first kappa shape index (κ1) is 17.0. The number of carbonyl (C=O) groups is 3. The van der Waals surface area contributed by atoms with Gasteiger partial charge in [-0.05, 0) is 62.4 Å². The molecule has 1 unspecified atom stereocenters.